The van der Waals surface area contributed by atoms with Crippen molar-refractivity contribution in [1.82, 2.24) is 9.88 Å². The van der Waals surface area contributed by atoms with Gasteiger partial charge in [-0.05, 0) is 38.0 Å². The van der Waals surface area contributed by atoms with Gasteiger partial charge in [0, 0.05) is 36.4 Å². The second-order valence-corrected chi connectivity index (χ2v) is 4.15. The second-order valence-electron chi connectivity index (χ2n) is 4.15. The monoisotopic (exact) mass is 180 g/mol. The Bertz CT molecular complexity index is 416. The molecule has 0 N–H and O–H groups in total. The smallest absolute Gasteiger partial charge is 0.0482 e. The summed E-state index contributed by atoms with van der Waals surface area (Å²) in [6.07, 6.45) is 2.91. The van der Waals surface area contributed by atoms with Crippen LogP contribution in [-0.2, 0) is 13.0 Å². The molecule has 2 rings (SSSR count). The Morgan fingerprint density at radius 3 is 2.69 bits per heavy atom. The van der Waals surface area contributed by atoms with Gasteiger partial charge in [-0.2, -0.15) is 0 Å². The topological polar surface area (TPSA) is 16.1 Å². The predicted molar refractivity (Wildman–Crippen MR) is 53.2 cm³/mol. The molecule has 0 amide bonds. The SMILES string of the molecule is [2H]C1([2H])c2ccncc2C([2H])([2H])N1C(C)(C)C. The van der Waals surface area contributed by atoms with Crippen LogP contribution in [0.15, 0.2) is 18.5 Å². The molecule has 0 aromatic carbocycles. The fourth-order valence-corrected chi connectivity index (χ4v) is 1.19. The lowest BCUT2D eigenvalue weighted by molar-refractivity contribution is 0.136. The van der Waals surface area contributed by atoms with E-state index < -0.39 is 18.5 Å². The summed E-state index contributed by atoms with van der Waals surface area (Å²) in [5.41, 5.74) is 0.0683. The summed E-state index contributed by atoms with van der Waals surface area (Å²) in [6, 6.07) is 1.55. The molecule has 70 valence electrons. The first-order chi connectivity index (χ1) is 7.59. The van der Waals surface area contributed by atoms with Gasteiger partial charge in [-0.3, -0.25) is 9.88 Å². The van der Waals surface area contributed by atoms with Gasteiger partial charge >= 0.3 is 0 Å². The molecule has 0 spiro atoms. The molecule has 0 atom stereocenters. The van der Waals surface area contributed by atoms with Crippen molar-refractivity contribution in [3.05, 3.63) is 29.6 Å². The van der Waals surface area contributed by atoms with Gasteiger partial charge in [0.15, 0.2) is 0 Å². The zero-order valence-electron chi connectivity index (χ0n) is 12.1. The Morgan fingerprint density at radius 1 is 1.38 bits per heavy atom. The Kier molecular flexibility index (Phi) is 1.10. The Labute approximate surface area is 85.2 Å². The first kappa shape index (κ1) is 5.11. The number of hydrogen-bond acceptors (Lipinski definition) is 2. The van der Waals surface area contributed by atoms with E-state index in [1.54, 1.807) is 6.07 Å². The highest BCUT2D eigenvalue weighted by molar-refractivity contribution is 5.27. The fourth-order valence-electron chi connectivity index (χ4n) is 1.19. The van der Waals surface area contributed by atoms with E-state index in [4.69, 9.17) is 5.48 Å². The number of hydrogen-bond donors (Lipinski definition) is 0. The van der Waals surface area contributed by atoms with Crippen molar-refractivity contribution >= 4 is 0 Å². The van der Waals surface area contributed by atoms with Crippen molar-refractivity contribution in [2.24, 2.45) is 0 Å². The minimum atomic E-state index is -1.84. The Hall–Kier alpha value is -0.890. The van der Waals surface area contributed by atoms with E-state index in [-0.39, 0.29) is 0 Å². The van der Waals surface area contributed by atoms with E-state index in [9.17, 15) is 0 Å². The molecule has 2 nitrogen and oxygen atoms in total. The molecule has 2 heteroatoms. The maximum atomic E-state index is 8.16. The summed E-state index contributed by atoms with van der Waals surface area (Å²) < 4.78 is 32.6. The molecule has 1 aromatic heterocycles. The van der Waals surface area contributed by atoms with E-state index in [1.807, 2.05) is 20.8 Å². The largest absolute Gasteiger partial charge is 0.290 e. The standard InChI is InChI=1S/C11H16N2/c1-11(2,3)13-7-9-4-5-12-6-10(9)8-13/h4-6H,7-8H2,1-3H3/i7D2,8D2. The van der Waals surface area contributed by atoms with Crippen LogP contribution in [0.3, 0.4) is 0 Å². The highest BCUT2D eigenvalue weighted by Gasteiger charge is 2.27. The van der Waals surface area contributed by atoms with Crippen molar-refractivity contribution in [2.75, 3.05) is 0 Å². The Balaban J connectivity index is 2.69. The predicted octanol–water partition coefficient (Wildman–Crippen LogP) is 2.20. The van der Waals surface area contributed by atoms with Crippen molar-refractivity contribution < 1.29 is 5.48 Å². The van der Waals surface area contributed by atoms with Gasteiger partial charge in [-0.1, -0.05) is 0 Å². The van der Waals surface area contributed by atoms with Gasteiger partial charge in [0.1, 0.15) is 0 Å². The van der Waals surface area contributed by atoms with E-state index in [0.717, 1.165) is 0 Å². The summed E-state index contributed by atoms with van der Waals surface area (Å²) in [5.74, 6) is 0. The highest BCUT2D eigenvalue weighted by Crippen LogP contribution is 2.27. The molecule has 0 radical (unpaired) electrons. The maximum absolute atomic E-state index is 8.16. The lowest BCUT2D eigenvalue weighted by Crippen LogP contribution is -2.36. The van der Waals surface area contributed by atoms with Crippen molar-refractivity contribution in [2.45, 2.75) is 39.3 Å². The molecule has 0 bridgehead atoms. The Morgan fingerprint density at radius 2 is 2.08 bits per heavy atom. The third kappa shape index (κ3) is 1.59. The van der Waals surface area contributed by atoms with E-state index in [2.05, 4.69) is 4.98 Å². The van der Waals surface area contributed by atoms with Crippen molar-refractivity contribution in [3.8, 4) is 0 Å². The summed E-state index contributed by atoms with van der Waals surface area (Å²) in [6.45, 7) is 1.76. The van der Waals surface area contributed by atoms with Gasteiger partial charge in [0.25, 0.3) is 0 Å². The van der Waals surface area contributed by atoms with Gasteiger partial charge in [0.2, 0.25) is 0 Å². The van der Waals surface area contributed by atoms with Crippen LogP contribution in [0.1, 0.15) is 37.4 Å². The summed E-state index contributed by atoms with van der Waals surface area (Å²) in [5, 5.41) is 0. The van der Waals surface area contributed by atoms with Gasteiger partial charge in [-0.25, -0.2) is 0 Å². The summed E-state index contributed by atoms with van der Waals surface area (Å²) in [7, 11) is 0. The van der Waals surface area contributed by atoms with Crippen LogP contribution in [0.2, 0.25) is 0 Å². The van der Waals surface area contributed by atoms with Crippen LogP contribution in [0.5, 0.6) is 0 Å². The molecule has 0 unspecified atom stereocenters. The third-order valence-corrected chi connectivity index (χ3v) is 1.96. The number of fused-ring (bicyclic) bond motifs is 1. The molecule has 0 fully saturated rings. The summed E-state index contributed by atoms with van der Waals surface area (Å²) >= 11 is 0. The average molecular weight is 180 g/mol. The van der Waals surface area contributed by atoms with Crippen LogP contribution >= 0.6 is 0 Å². The first-order valence-electron chi connectivity index (χ1n) is 6.35. The van der Waals surface area contributed by atoms with Crippen LogP contribution in [-0.4, -0.2) is 15.4 Å². The minimum absolute atomic E-state index is 0.319. The molecule has 0 aliphatic carbocycles. The molecule has 2 heterocycles. The van der Waals surface area contributed by atoms with Gasteiger partial charge in [0.05, 0.1) is 0 Å². The van der Waals surface area contributed by atoms with E-state index in [1.165, 1.54) is 17.3 Å². The average Bonchev–Trinajstić information content (AvgIpc) is 2.30. The highest BCUT2D eigenvalue weighted by atomic mass is 15.2. The van der Waals surface area contributed by atoms with E-state index >= 15 is 0 Å². The van der Waals surface area contributed by atoms with Crippen molar-refractivity contribution in [3.63, 3.8) is 0 Å². The number of pyridine rings is 1. The molecule has 0 saturated carbocycles. The second kappa shape index (κ2) is 2.81. The summed E-state index contributed by atoms with van der Waals surface area (Å²) in [4.78, 5) is 5.16. The quantitative estimate of drug-likeness (QED) is 0.608. The van der Waals surface area contributed by atoms with Crippen LogP contribution in [0.25, 0.3) is 0 Å². The third-order valence-electron chi connectivity index (χ3n) is 1.96. The van der Waals surface area contributed by atoms with Crippen molar-refractivity contribution in [1.29, 1.82) is 0 Å². The lowest BCUT2D eigenvalue weighted by atomic mass is 10.1. The number of aromatic nitrogens is 1. The molecule has 0 saturated heterocycles. The number of rotatable bonds is 0. The maximum Gasteiger partial charge on any atom is 0.0482 e. The molecule has 1 aliphatic rings. The minimum Gasteiger partial charge on any atom is -0.290 e. The van der Waals surface area contributed by atoms with Crippen LogP contribution < -0.4 is 0 Å². The zero-order chi connectivity index (χ0) is 13.1. The molecule has 1 aromatic rings. The normalized spacial score (nSPS) is 29.8. The molecular formula is C11H16N2. The number of nitrogens with zero attached hydrogens (tertiary/aromatic N) is 2. The van der Waals surface area contributed by atoms with Crippen LogP contribution in [0, 0.1) is 0 Å². The van der Waals surface area contributed by atoms with Gasteiger partial charge in [-0.15, -0.1) is 0 Å². The lowest BCUT2D eigenvalue weighted by Gasteiger charge is -2.31. The molecule has 13 heavy (non-hydrogen) atoms. The van der Waals surface area contributed by atoms with Gasteiger partial charge < -0.3 is 0 Å². The molecular weight excluding hydrogens is 160 g/mol. The van der Waals surface area contributed by atoms with E-state index in [0.29, 0.717) is 11.1 Å². The van der Waals surface area contributed by atoms with Crippen LogP contribution in [0.4, 0.5) is 0 Å². The molecule has 1 aliphatic heterocycles. The fraction of sp³-hybridized carbons (Fsp3) is 0.545. The zero-order valence-corrected chi connectivity index (χ0v) is 8.13. The first-order valence-corrected chi connectivity index (χ1v) is 4.35.